The summed E-state index contributed by atoms with van der Waals surface area (Å²) in [5, 5.41) is 3.46. The molecular formula is C21H22Cl2F3N3O2. The molecule has 10 heteroatoms. The largest absolute Gasteiger partial charge is 0.416 e. The van der Waals surface area contributed by atoms with E-state index in [1.165, 1.54) is 6.07 Å². The third-order valence-electron chi connectivity index (χ3n) is 4.84. The van der Waals surface area contributed by atoms with Crippen LogP contribution in [-0.4, -0.2) is 50.7 Å². The van der Waals surface area contributed by atoms with E-state index in [1.807, 2.05) is 4.90 Å². The predicted molar refractivity (Wildman–Crippen MR) is 116 cm³/mol. The number of carbonyl (C=O) groups excluding carboxylic acids is 1. The number of hydrogen-bond acceptors (Lipinski definition) is 4. The molecule has 0 saturated carbocycles. The summed E-state index contributed by atoms with van der Waals surface area (Å²) in [7, 11) is 1.71. The van der Waals surface area contributed by atoms with Crippen LogP contribution in [0.15, 0.2) is 36.4 Å². The zero-order chi connectivity index (χ0) is 22.6. The van der Waals surface area contributed by atoms with Crippen molar-refractivity contribution in [2.75, 3.05) is 50.1 Å². The molecule has 1 amide bonds. The Bertz CT molecular complexity index is 935. The highest BCUT2D eigenvalue weighted by atomic mass is 35.5. The Labute approximate surface area is 188 Å². The summed E-state index contributed by atoms with van der Waals surface area (Å²) in [6, 6.07) is 8.60. The molecule has 0 bridgehead atoms. The summed E-state index contributed by atoms with van der Waals surface area (Å²) >= 11 is 12.2. The molecule has 0 spiro atoms. The van der Waals surface area contributed by atoms with Gasteiger partial charge < -0.3 is 15.0 Å². The first-order valence-electron chi connectivity index (χ1n) is 9.60. The van der Waals surface area contributed by atoms with E-state index in [4.69, 9.17) is 27.9 Å². The monoisotopic (exact) mass is 475 g/mol. The fourth-order valence-electron chi connectivity index (χ4n) is 3.34. The molecule has 1 aliphatic rings. The van der Waals surface area contributed by atoms with E-state index < -0.39 is 17.6 Å². The first-order chi connectivity index (χ1) is 14.6. The van der Waals surface area contributed by atoms with Gasteiger partial charge in [0.1, 0.15) is 0 Å². The second-order valence-corrected chi connectivity index (χ2v) is 8.05. The van der Waals surface area contributed by atoms with Crippen LogP contribution >= 0.6 is 23.2 Å². The lowest BCUT2D eigenvalue weighted by molar-refractivity contribution is -0.137. The quantitative estimate of drug-likeness (QED) is 0.643. The maximum absolute atomic E-state index is 13.2. The van der Waals surface area contributed by atoms with Gasteiger partial charge in [-0.05, 0) is 36.9 Å². The van der Waals surface area contributed by atoms with Gasteiger partial charge in [0.2, 0.25) is 5.91 Å². The van der Waals surface area contributed by atoms with E-state index in [2.05, 4.69) is 5.32 Å². The van der Waals surface area contributed by atoms with Gasteiger partial charge in [0.25, 0.3) is 0 Å². The maximum Gasteiger partial charge on any atom is 0.416 e. The molecule has 2 aromatic rings. The van der Waals surface area contributed by atoms with Gasteiger partial charge in [-0.3, -0.25) is 9.69 Å². The van der Waals surface area contributed by atoms with Crippen LogP contribution in [0.3, 0.4) is 0 Å². The minimum Gasteiger partial charge on any atom is -0.378 e. The highest BCUT2D eigenvalue weighted by molar-refractivity contribution is 6.42. The average molecular weight is 476 g/mol. The molecule has 0 radical (unpaired) electrons. The third-order valence-corrected chi connectivity index (χ3v) is 5.69. The standard InChI is InChI=1S/C21H22Cl2F3N3O2/c1-28(12-14-3-2-4-16(22)20(14)23)13-19(30)27-17-11-15(21(24,25)26)5-6-18(17)29-7-9-31-10-8-29/h2-6,11H,7-10,12-13H2,1H3,(H,27,30). The normalized spacial score (nSPS) is 14.7. The molecule has 1 fully saturated rings. The Hall–Kier alpha value is -2.00. The molecule has 0 atom stereocenters. The average Bonchev–Trinajstić information content (AvgIpc) is 2.71. The van der Waals surface area contributed by atoms with E-state index in [1.54, 1.807) is 30.1 Å². The van der Waals surface area contributed by atoms with Crippen molar-refractivity contribution >= 4 is 40.5 Å². The predicted octanol–water partition coefficient (Wildman–Crippen LogP) is 4.92. The number of rotatable bonds is 6. The number of halogens is 5. The first kappa shape index (κ1) is 23.7. The van der Waals surface area contributed by atoms with Crippen LogP contribution in [0.2, 0.25) is 10.0 Å². The summed E-state index contributed by atoms with van der Waals surface area (Å²) in [5.41, 5.74) is 0.581. The number of carbonyl (C=O) groups is 1. The topological polar surface area (TPSA) is 44.8 Å². The summed E-state index contributed by atoms with van der Waals surface area (Å²) in [6.07, 6.45) is -4.51. The van der Waals surface area contributed by atoms with Crippen LogP contribution in [-0.2, 0) is 22.3 Å². The SMILES string of the molecule is CN(CC(=O)Nc1cc(C(F)(F)F)ccc1N1CCOCC1)Cc1cccc(Cl)c1Cl. The van der Waals surface area contributed by atoms with Crippen molar-refractivity contribution in [2.24, 2.45) is 0 Å². The molecular weight excluding hydrogens is 454 g/mol. The fourth-order valence-corrected chi connectivity index (χ4v) is 3.72. The second kappa shape index (κ2) is 10.1. The number of amides is 1. The van der Waals surface area contributed by atoms with Crippen molar-refractivity contribution in [3.8, 4) is 0 Å². The molecule has 1 aliphatic heterocycles. The minimum atomic E-state index is -4.51. The van der Waals surface area contributed by atoms with Gasteiger partial charge in [0.05, 0.1) is 46.7 Å². The number of nitrogens with zero attached hydrogens (tertiary/aromatic N) is 2. The van der Waals surface area contributed by atoms with E-state index in [0.717, 1.165) is 17.7 Å². The Balaban J connectivity index is 1.74. The van der Waals surface area contributed by atoms with Gasteiger partial charge >= 0.3 is 6.18 Å². The van der Waals surface area contributed by atoms with Gasteiger partial charge in [-0.2, -0.15) is 13.2 Å². The van der Waals surface area contributed by atoms with Crippen LogP contribution in [0.1, 0.15) is 11.1 Å². The number of anilines is 2. The summed E-state index contributed by atoms with van der Waals surface area (Å²) in [5.74, 6) is -0.436. The molecule has 1 saturated heterocycles. The van der Waals surface area contributed by atoms with Crippen molar-refractivity contribution in [3.63, 3.8) is 0 Å². The van der Waals surface area contributed by atoms with Gasteiger partial charge in [-0.1, -0.05) is 35.3 Å². The number of alkyl halides is 3. The Morgan fingerprint density at radius 1 is 1.19 bits per heavy atom. The zero-order valence-corrected chi connectivity index (χ0v) is 18.3. The number of likely N-dealkylation sites (N-methyl/N-ethyl adjacent to an activating group) is 1. The molecule has 168 valence electrons. The highest BCUT2D eigenvalue weighted by Crippen LogP contribution is 2.36. The number of benzene rings is 2. The van der Waals surface area contributed by atoms with Crippen LogP contribution < -0.4 is 10.2 Å². The molecule has 2 aromatic carbocycles. The van der Waals surface area contributed by atoms with Crippen molar-refractivity contribution in [3.05, 3.63) is 57.6 Å². The Morgan fingerprint density at radius 2 is 1.90 bits per heavy atom. The van der Waals surface area contributed by atoms with Crippen molar-refractivity contribution in [2.45, 2.75) is 12.7 Å². The van der Waals surface area contributed by atoms with Crippen LogP contribution in [0, 0.1) is 0 Å². The molecule has 0 aliphatic carbocycles. The lowest BCUT2D eigenvalue weighted by Gasteiger charge is -2.31. The molecule has 5 nitrogen and oxygen atoms in total. The van der Waals surface area contributed by atoms with Crippen molar-refractivity contribution in [1.82, 2.24) is 4.90 Å². The summed E-state index contributed by atoms with van der Waals surface area (Å²) in [6.45, 7) is 2.31. The van der Waals surface area contributed by atoms with Crippen LogP contribution in [0.5, 0.6) is 0 Å². The Kier molecular flexibility index (Phi) is 7.69. The number of nitrogens with one attached hydrogen (secondary N) is 1. The molecule has 0 aromatic heterocycles. The van der Waals surface area contributed by atoms with Gasteiger partial charge in [0.15, 0.2) is 0 Å². The van der Waals surface area contributed by atoms with E-state index in [9.17, 15) is 18.0 Å². The smallest absolute Gasteiger partial charge is 0.378 e. The third kappa shape index (κ3) is 6.26. The number of morpholine rings is 1. The molecule has 1 heterocycles. The fraction of sp³-hybridized carbons (Fsp3) is 0.381. The first-order valence-corrected chi connectivity index (χ1v) is 10.4. The van der Waals surface area contributed by atoms with E-state index >= 15 is 0 Å². The minimum absolute atomic E-state index is 0.0400. The van der Waals surface area contributed by atoms with E-state index in [-0.39, 0.29) is 12.2 Å². The Morgan fingerprint density at radius 3 is 2.58 bits per heavy atom. The van der Waals surface area contributed by atoms with Crippen LogP contribution in [0.4, 0.5) is 24.5 Å². The second-order valence-electron chi connectivity index (χ2n) is 7.26. The lowest BCUT2D eigenvalue weighted by Crippen LogP contribution is -2.37. The molecule has 3 rings (SSSR count). The van der Waals surface area contributed by atoms with E-state index in [0.29, 0.717) is 48.6 Å². The zero-order valence-electron chi connectivity index (χ0n) is 16.8. The van der Waals surface area contributed by atoms with Gasteiger partial charge in [-0.15, -0.1) is 0 Å². The van der Waals surface area contributed by atoms with Crippen molar-refractivity contribution < 1.29 is 22.7 Å². The summed E-state index contributed by atoms with van der Waals surface area (Å²) in [4.78, 5) is 16.2. The highest BCUT2D eigenvalue weighted by Gasteiger charge is 2.32. The number of ether oxygens (including phenoxy) is 1. The number of hydrogen-bond donors (Lipinski definition) is 1. The maximum atomic E-state index is 13.2. The lowest BCUT2D eigenvalue weighted by atomic mass is 10.1. The molecule has 1 N–H and O–H groups in total. The summed E-state index contributed by atoms with van der Waals surface area (Å²) < 4.78 is 45.0. The van der Waals surface area contributed by atoms with Gasteiger partial charge in [0, 0.05) is 19.6 Å². The van der Waals surface area contributed by atoms with Gasteiger partial charge in [-0.25, -0.2) is 0 Å². The molecule has 0 unspecified atom stereocenters. The van der Waals surface area contributed by atoms with Crippen molar-refractivity contribution in [1.29, 1.82) is 0 Å². The van der Waals surface area contributed by atoms with Crippen LogP contribution in [0.25, 0.3) is 0 Å². The molecule has 31 heavy (non-hydrogen) atoms.